The zero-order valence-electron chi connectivity index (χ0n) is 11.6. The second-order valence-electron chi connectivity index (χ2n) is 5.40. The van der Waals surface area contributed by atoms with Crippen LogP contribution in [0.4, 0.5) is 5.69 Å². The Balaban J connectivity index is 1.91. The summed E-state index contributed by atoms with van der Waals surface area (Å²) in [5, 5.41) is 3.88. The van der Waals surface area contributed by atoms with Crippen LogP contribution < -0.4 is 5.32 Å². The number of hydrogen-bond acceptors (Lipinski definition) is 2. The molecule has 1 aliphatic rings. The molecule has 0 radical (unpaired) electrons. The van der Waals surface area contributed by atoms with Crippen molar-refractivity contribution in [2.24, 2.45) is 5.92 Å². The summed E-state index contributed by atoms with van der Waals surface area (Å²) >= 11 is 5.96. The number of halogens is 1. The topological polar surface area (TPSA) is 32.3 Å². The molecule has 1 aromatic carbocycles. The van der Waals surface area contributed by atoms with Crippen molar-refractivity contribution in [3.8, 4) is 0 Å². The highest BCUT2D eigenvalue weighted by Crippen LogP contribution is 2.20. The van der Waals surface area contributed by atoms with Gasteiger partial charge in [0.05, 0.1) is 6.54 Å². The number of rotatable bonds is 3. The molecule has 4 heteroatoms. The Bertz CT molecular complexity index is 461. The number of amides is 1. The summed E-state index contributed by atoms with van der Waals surface area (Å²) in [7, 11) is 0. The molecule has 0 aliphatic carbocycles. The van der Waals surface area contributed by atoms with Crippen LogP contribution in [0, 0.1) is 12.8 Å². The average molecular weight is 281 g/mol. The van der Waals surface area contributed by atoms with Crippen molar-refractivity contribution < 1.29 is 4.79 Å². The smallest absolute Gasteiger partial charge is 0.241 e. The molecule has 1 unspecified atom stereocenters. The molecule has 0 saturated carbocycles. The Kier molecular flexibility index (Phi) is 4.70. The van der Waals surface area contributed by atoms with Gasteiger partial charge in [-0.25, -0.2) is 0 Å². The third-order valence-corrected chi connectivity index (χ3v) is 3.87. The summed E-state index contributed by atoms with van der Waals surface area (Å²) in [4.78, 5) is 14.1. The van der Waals surface area contributed by atoms with Gasteiger partial charge in [0.15, 0.2) is 0 Å². The lowest BCUT2D eigenvalue weighted by Gasteiger charge is -2.31. The summed E-state index contributed by atoms with van der Waals surface area (Å²) < 4.78 is 0. The molecule has 0 aromatic heterocycles. The quantitative estimate of drug-likeness (QED) is 0.921. The van der Waals surface area contributed by atoms with Gasteiger partial charge >= 0.3 is 0 Å². The van der Waals surface area contributed by atoms with Gasteiger partial charge in [0.25, 0.3) is 0 Å². The summed E-state index contributed by atoms with van der Waals surface area (Å²) in [5.74, 6) is 0.788. The minimum absolute atomic E-state index is 0.172. The molecular weight excluding hydrogens is 260 g/mol. The van der Waals surface area contributed by atoms with E-state index in [-0.39, 0.29) is 5.91 Å². The average Bonchev–Trinajstić information content (AvgIpc) is 2.39. The van der Waals surface area contributed by atoms with E-state index in [0.717, 1.165) is 30.8 Å². The van der Waals surface area contributed by atoms with Crippen LogP contribution in [0.5, 0.6) is 0 Å². The lowest BCUT2D eigenvalue weighted by atomic mass is 10.0. The van der Waals surface area contributed by atoms with Crippen molar-refractivity contribution in [2.45, 2.75) is 26.7 Å². The first-order valence-electron chi connectivity index (χ1n) is 6.84. The van der Waals surface area contributed by atoms with Crippen molar-refractivity contribution in [3.63, 3.8) is 0 Å². The van der Waals surface area contributed by atoms with E-state index in [4.69, 9.17) is 11.6 Å². The number of nitrogens with zero attached hydrogens (tertiary/aromatic N) is 1. The first-order chi connectivity index (χ1) is 9.06. The summed E-state index contributed by atoms with van der Waals surface area (Å²) in [6, 6.07) is 5.68. The van der Waals surface area contributed by atoms with Gasteiger partial charge in [0.1, 0.15) is 0 Å². The molecular formula is C15H21ClN2O. The molecule has 3 nitrogen and oxygen atoms in total. The van der Waals surface area contributed by atoms with E-state index in [9.17, 15) is 4.79 Å². The number of nitrogens with one attached hydrogen (secondary N) is 1. The fourth-order valence-electron chi connectivity index (χ4n) is 2.48. The standard InChI is InChI=1S/C15H21ClN2O/c1-11-4-3-7-18(10-11)15(19)9-17-14-8-13(16)6-5-12(14)2/h5-6,8,11,17H,3-4,7,9-10H2,1-2H3. The van der Waals surface area contributed by atoms with Crippen LogP contribution in [0.25, 0.3) is 0 Å². The van der Waals surface area contributed by atoms with Crippen LogP contribution in [0.2, 0.25) is 5.02 Å². The minimum atomic E-state index is 0.172. The van der Waals surface area contributed by atoms with E-state index in [1.807, 2.05) is 30.0 Å². The van der Waals surface area contributed by atoms with Crippen LogP contribution >= 0.6 is 11.6 Å². The van der Waals surface area contributed by atoms with Gasteiger partial charge in [-0.3, -0.25) is 4.79 Å². The van der Waals surface area contributed by atoms with Gasteiger partial charge in [0, 0.05) is 23.8 Å². The van der Waals surface area contributed by atoms with Gasteiger partial charge < -0.3 is 10.2 Å². The molecule has 1 aliphatic heterocycles. The van der Waals surface area contributed by atoms with E-state index in [0.29, 0.717) is 17.5 Å². The Morgan fingerprint density at radius 1 is 1.53 bits per heavy atom. The second kappa shape index (κ2) is 6.29. The molecule has 1 atom stereocenters. The van der Waals surface area contributed by atoms with E-state index in [1.54, 1.807) is 0 Å². The minimum Gasteiger partial charge on any atom is -0.376 e. The molecule has 1 heterocycles. The van der Waals surface area contributed by atoms with Crippen LogP contribution in [-0.2, 0) is 4.79 Å². The van der Waals surface area contributed by atoms with Gasteiger partial charge in [-0.05, 0) is 43.4 Å². The molecule has 2 rings (SSSR count). The number of anilines is 1. The van der Waals surface area contributed by atoms with E-state index >= 15 is 0 Å². The highest BCUT2D eigenvalue weighted by atomic mass is 35.5. The molecule has 0 spiro atoms. The number of likely N-dealkylation sites (tertiary alicyclic amines) is 1. The Morgan fingerprint density at radius 3 is 3.05 bits per heavy atom. The number of aryl methyl sites for hydroxylation is 1. The van der Waals surface area contributed by atoms with E-state index < -0.39 is 0 Å². The van der Waals surface area contributed by atoms with Crippen molar-refractivity contribution in [1.29, 1.82) is 0 Å². The maximum atomic E-state index is 12.1. The molecule has 1 fully saturated rings. The van der Waals surface area contributed by atoms with E-state index in [2.05, 4.69) is 12.2 Å². The number of benzene rings is 1. The third kappa shape index (κ3) is 3.87. The predicted octanol–water partition coefficient (Wildman–Crippen LogP) is 3.32. The summed E-state index contributed by atoms with van der Waals surface area (Å²) in [6.45, 7) is 6.32. The first kappa shape index (κ1) is 14.2. The van der Waals surface area contributed by atoms with Gasteiger partial charge in [-0.2, -0.15) is 0 Å². The molecule has 1 saturated heterocycles. The van der Waals surface area contributed by atoms with Crippen molar-refractivity contribution in [1.82, 2.24) is 4.90 Å². The SMILES string of the molecule is Cc1ccc(Cl)cc1NCC(=O)N1CCCC(C)C1. The van der Waals surface area contributed by atoms with Crippen molar-refractivity contribution in [2.75, 3.05) is 25.0 Å². The number of carbonyl (C=O) groups excluding carboxylic acids is 1. The third-order valence-electron chi connectivity index (χ3n) is 3.64. The number of carbonyl (C=O) groups is 1. The maximum Gasteiger partial charge on any atom is 0.241 e. The monoisotopic (exact) mass is 280 g/mol. The fraction of sp³-hybridized carbons (Fsp3) is 0.533. The zero-order valence-corrected chi connectivity index (χ0v) is 12.3. The molecule has 104 valence electrons. The Hall–Kier alpha value is -1.22. The van der Waals surface area contributed by atoms with Gasteiger partial charge in [-0.15, -0.1) is 0 Å². The zero-order chi connectivity index (χ0) is 13.8. The lowest BCUT2D eigenvalue weighted by Crippen LogP contribution is -2.42. The van der Waals surface area contributed by atoms with Gasteiger partial charge in [-0.1, -0.05) is 24.6 Å². The summed E-state index contributed by atoms with van der Waals surface area (Å²) in [5.41, 5.74) is 2.04. The highest BCUT2D eigenvalue weighted by Gasteiger charge is 2.20. The molecule has 1 aromatic rings. The summed E-state index contributed by atoms with van der Waals surface area (Å²) in [6.07, 6.45) is 2.34. The molecule has 1 amide bonds. The van der Waals surface area contributed by atoms with Crippen molar-refractivity contribution >= 4 is 23.2 Å². The Labute approximate surface area is 119 Å². The van der Waals surface area contributed by atoms with E-state index in [1.165, 1.54) is 6.42 Å². The first-order valence-corrected chi connectivity index (χ1v) is 7.22. The normalized spacial score (nSPS) is 19.3. The second-order valence-corrected chi connectivity index (χ2v) is 5.84. The van der Waals surface area contributed by atoms with Crippen LogP contribution in [0.3, 0.4) is 0 Å². The highest BCUT2D eigenvalue weighted by molar-refractivity contribution is 6.30. The molecule has 0 bridgehead atoms. The van der Waals surface area contributed by atoms with Crippen LogP contribution in [0.1, 0.15) is 25.3 Å². The fourth-order valence-corrected chi connectivity index (χ4v) is 2.66. The van der Waals surface area contributed by atoms with Crippen LogP contribution in [-0.4, -0.2) is 30.4 Å². The predicted molar refractivity (Wildman–Crippen MR) is 79.7 cm³/mol. The maximum absolute atomic E-state index is 12.1. The molecule has 1 N–H and O–H groups in total. The number of piperidine rings is 1. The van der Waals surface area contributed by atoms with Gasteiger partial charge in [0.2, 0.25) is 5.91 Å². The Morgan fingerprint density at radius 2 is 2.32 bits per heavy atom. The largest absolute Gasteiger partial charge is 0.376 e. The molecule has 19 heavy (non-hydrogen) atoms. The van der Waals surface area contributed by atoms with Crippen LogP contribution in [0.15, 0.2) is 18.2 Å². The van der Waals surface area contributed by atoms with Crippen molar-refractivity contribution in [3.05, 3.63) is 28.8 Å². The number of hydrogen-bond donors (Lipinski definition) is 1. The lowest BCUT2D eigenvalue weighted by molar-refractivity contribution is -0.130.